The quantitative estimate of drug-likeness (QED) is 0.632. The summed E-state index contributed by atoms with van der Waals surface area (Å²) in [6.07, 6.45) is 1.40. The molecule has 2 aromatic heterocycles. The zero-order valence-corrected chi connectivity index (χ0v) is 8.94. The van der Waals surface area contributed by atoms with Crippen LogP contribution in [0.1, 0.15) is 11.5 Å². The van der Waals surface area contributed by atoms with E-state index in [1.807, 2.05) is 6.07 Å². The molecule has 2 heterocycles. The molecule has 0 bridgehead atoms. The van der Waals surface area contributed by atoms with Crippen molar-refractivity contribution < 1.29 is 4.42 Å². The number of benzene rings is 1. The van der Waals surface area contributed by atoms with Gasteiger partial charge in [-0.3, -0.25) is 4.79 Å². The number of nitrogens with one attached hydrogen (secondary N) is 1. The molecule has 0 spiro atoms. The molecule has 17 heavy (non-hydrogen) atoms. The zero-order chi connectivity index (χ0) is 12.0. The van der Waals surface area contributed by atoms with E-state index >= 15 is 0 Å². The van der Waals surface area contributed by atoms with E-state index in [2.05, 4.69) is 9.97 Å². The van der Waals surface area contributed by atoms with E-state index in [1.165, 1.54) is 6.20 Å². The van der Waals surface area contributed by atoms with E-state index < -0.39 is 0 Å². The number of aromatic amines is 1. The van der Waals surface area contributed by atoms with Gasteiger partial charge in [-0.1, -0.05) is 0 Å². The van der Waals surface area contributed by atoms with Crippen LogP contribution in [0.15, 0.2) is 27.5 Å². The van der Waals surface area contributed by atoms with Crippen molar-refractivity contribution in [2.45, 2.75) is 6.92 Å². The third-order valence-electron chi connectivity index (χ3n) is 2.62. The van der Waals surface area contributed by atoms with Crippen LogP contribution >= 0.6 is 0 Å². The van der Waals surface area contributed by atoms with Crippen LogP contribution in [0.4, 0.5) is 0 Å². The fourth-order valence-electron chi connectivity index (χ4n) is 1.84. The highest BCUT2D eigenvalue weighted by atomic mass is 16.3. The Morgan fingerprint density at radius 2 is 2.29 bits per heavy atom. The Labute approximate surface area is 95.3 Å². The van der Waals surface area contributed by atoms with Gasteiger partial charge in [0.05, 0.1) is 5.52 Å². The third kappa shape index (κ3) is 1.31. The lowest BCUT2D eigenvalue weighted by Crippen LogP contribution is -2.06. The second kappa shape index (κ2) is 3.19. The monoisotopic (exact) mass is 225 g/mol. The lowest BCUT2D eigenvalue weighted by atomic mass is 10.1. The molecule has 0 unspecified atom stereocenters. The van der Waals surface area contributed by atoms with Crippen molar-refractivity contribution in [2.75, 3.05) is 0 Å². The summed E-state index contributed by atoms with van der Waals surface area (Å²) < 4.78 is 5.37. The van der Waals surface area contributed by atoms with Crippen LogP contribution in [0, 0.1) is 18.3 Å². The summed E-state index contributed by atoms with van der Waals surface area (Å²) in [6, 6.07) is 5.21. The van der Waals surface area contributed by atoms with Gasteiger partial charge in [-0.05, 0) is 6.07 Å². The molecular formula is C12H7N3O2. The average molecular weight is 225 g/mol. The predicted octanol–water partition coefficient (Wildman–Crippen LogP) is 1.85. The number of nitriles is 1. The fourth-order valence-corrected chi connectivity index (χ4v) is 1.84. The van der Waals surface area contributed by atoms with Crippen molar-refractivity contribution in [1.29, 1.82) is 5.26 Å². The van der Waals surface area contributed by atoms with Gasteiger partial charge in [0.15, 0.2) is 11.5 Å². The van der Waals surface area contributed by atoms with Gasteiger partial charge < -0.3 is 9.40 Å². The van der Waals surface area contributed by atoms with Gasteiger partial charge in [-0.15, -0.1) is 0 Å². The molecular weight excluding hydrogens is 218 g/mol. The van der Waals surface area contributed by atoms with Gasteiger partial charge in [0.25, 0.3) is 0 Å². The Kier molecular flexibility index (Phi) is 1.80. The molecule has 0 aliphatic rings. The molecule has 1 N–H and O–H groups in total. The summed E-state index contributed by atoms with van der Waals surface area (Å²) in [5.41, 5.74) is 1.68. The topological polar surface area (TPSA) is 82.7 Å². The lowest BCUT2D eigenvalue weighted by Gasteiger charge is -1.97. The first kappa shape index (κ1) is 9.60. The van der Waals surface area contributed by atoms with Gasteiger partial charge in [-0.25, -0.2) is 4.98 Å². The number of H-pyrrole nitrogens is 1. The van der Waals surface area contributed by atoms with Crippen molar-refractivity contribution in [3.05, 3.63) is 40.0 Å². The molecule has 0 atom stereocenters. The van der Waals surface area contributed by atoms with E-state index in [4.69, 9.17) is 9.68 Å². The van der Waals surface area contributed by atoms with Crippen molar-refractivity contribution in [3.8, 4) is 6.07 Å². The molecule has 1 aromatic carbocycles. The maximum atomic E-state index is 11.9. The van der Waals surface area contributed by atoms with E-state index in [0.29, 0.717) is 27.9 Å². The maximum Gasteiger partial charge on any atom is 0.207 e. The number of aryl methyl sites for hydroxylation is 1. The summed E-state index contributed by atoms with van der Waals surface area (Å²) in [4.78, 5) is 19.0. The standard InChI is InChI=1S/C12H7N3O2/c1-6-15-10-2-8-9(3-11(10)17-6)14-5-7(4-13)12(8)16/h2-3,5H,1H3,(H,14,16). The molecule has 0 saturated heterocycles. The van der Waals surface area contributed by atoms with Crippen molar-refractivity contribution in [3.63, 3.8) is 0 Å². The first-order valence-electron chi connectivity index (χ1n) is 5.02. The molecule has 5 nitrogen and oxygen atoms in total. The van der Waals surface area contributed by atoms with E-state index in [1.54, 1.807) is 19.1 Å². The summed E-state index contributed by atoms with van der Waals surface area (Å²) in [7, 11) is 0. The molecule has 0 fully saturated rings. The first-order valence-corrected chi connectivity index (χ1v) is 5.02. The fraction of sp³-hybridized carbons (Fsp3) is 0.0833. The Bertz CT molecular complexity index is 836. The largest absolute Gasteiger partial charge is 0.441 e. The van der Waals surface area contributed by atoms with Crippen LogP contribution in [0.2, 0.25) is 0 Å². The van der Waals surface area contributed by atoms with Gasteiger partial charge in [0.1, 0.15) is 17.1 Å². The number of hydrogen-bond donors (Lipinski definition) is 1. The molecule has 5 heteroatoms. The molecule has 82 valence electrons. The number of rotatable bonds is 0. The van der Waals surface area contributed by atoms with Crippen molar-refractivity contribution >= 4 is 22.0 Å². The minimum atomic E-state index is -0.288. The maximum absolute atomic E-state index is 11.9. The average Bonchev–Trinajstić information content (AvgIpc) is 2.67. The van der Waals surface area contributed by atoms with Crippen LogP contribution in [0.5, 0.6) is 0 Å². The summed E-state index contributed by atoms with van der Waals surface area (Å²) in [6.45, 7) is 1.74. The molecule has 3 aromatic rings. The normalized spacial score (nSPS) is 10.8. The Morgan fingerprint density at radius 1 is 1.47 bits per heavy atom. The number of pyridine rings is 1. The minimum absolute atomic E-state index is 0.0945. The van der Waals surface area contributed by atoms with Gasteiger partial charge in [-0.2, -0.15) is 5.26 Å². The Morgan fingerprint density at radius 3 is 3.06 bits per heavy atom. The van der Waals surface area contributed by atoms with E-state index in [9.17, 15) is 4.79 Å². The summed E-state index contributed by atoms with van der Waals surface area (Å²) in [5, 5.41) is 9.24. The van der Waals surface area contributed by atoms with Crippen LogP contribution in [-0.4, -0.2) is 9.97 Å². The number of hydrogen-bond acceptors (Lipinski definition) is 4. The number of oxazole rings is 1. The molecule has 3 rings (SSSR count). The number of aromatic nitrogens is 2. The highest BCUT2D eigenvalue weighted by molar-refractivity contribution is 5.92. The summed E-state index contributed by atoms with van der Waals surface area (Å²) in [5.74, 6) is 0.545. The lowest BCUT2D eigenvalue weighted by molar-refractivity contribution is 0.561. The zero-order valence-electron chi connectivity index (χ0n) is 8.94. The van der Waals surface area contributed by atoms with Crippen LogP contribution in [0.25, 0.3) is 22.0 Å². The second-order valence-electron chi connectivity index (χ2n) is 3.74. The highest BCUT2D eigenvalue weighted by Gasteiger charge is 2.09. The summed E-state index contributed by atoms with van der Waals surface area (Å²) >= 11 is 0. The smallest absolute Gasteiger partial charge is 0.207 e. The first-order chi connectivity index (χ1) is 8.19. The number of nitrogens with zero attached hydrogens (tertiary/aromatic N) is 2. The van der Waals surface area contributed by atoms with Gasteiger partial charge in [0.2, 0.25) is 5.43 Å². The van der Waals surface area contributed by atoms with Crippen LogP contribution in [0.3, 0.4) is 0 Å². The predicted molar refractivity (Wildman–Crippen MR) is 61.6 cm³/mol. The molecule has 0 aliphatic heterocycles. The highest BCUT2D eigenvalue weighted by Crippen LogP contribution is 2.20. The van der Waals surface area contributed by atoms with Crippen molar-refractivity contribution in [2.24, 2.45) is 0 Å². The molecule has 0 saturated carbocycles. The minimum Gasteiger partial charge on any atom is -0.441 e. The Balaban J connectivity index is 2.53. The van der Waals surface area contributed by atoms with Gasteiger partial charge in [0, 0.05) is 24.6 Å². The van der Waals surface area contributed by atoms with E-state index in [0.717, 1.165) is 0 Å². The number of fused-ring (bicyclic) bond motifs is 2. The molecule has 0 amide bonds. The Hall–Kier alpha value is -2.61. The molecule has 0 radical (unpaired) electrons. The second-order valence-corrected chi connectivity index (χ2v) is 3.74. The van der Waals surface area contributed by atoms with Gasteiger partial charge >= 0.3 is 0 Å². The van der Waals surface area contributed by atoms with E-state index in [-0.39, 0.29) is 11.0 Å². The van der Waals surface area contributed by atoms with Crippen LogP contribution in [-0.2, 0) is 0 Å². The SMILES string of the molecule is Cc1nc2cc3c(=O)c(C#N)c[nH]c3cc2o1. The van der Waals surface area contributed by atoms with Crippen molar-refractivity contribution in [1.82, 2.24) is 9.97 Å². The van der Waals surface area contributed by atoms with Crippen LogP contribution < -0.4 is 5.43 Å². The molecule has 0 aliphatic carbocycles. The third-order valence-corrected chi connectivity index (χ3v) is 2.62.